The molecule has 2 rings (SSSR count). The van der Waals surface area contributed by atoms with Gasteiger partial charge in [0.1, 0.15) is 0 Å². The van der Waals surface area contributed by atoms with Crippen molar-refractivity contribution in [1.82, 2.24) is 0 Å². The number of hydrogen-bond donors (Lipinski definition) is 1. The molecule has 0 spiro atoms. The van der Waals surface area contributed by atoms with Gasteiger partial charge < -0.3 is 14.8 Å². The van der Waals surface area contributed by atoms with E-state index >= 15 is 0 Å². The quantitative estimate of drug-likeness (QED) is 0.848. The SMILES string of the molecule is COC(=O)c1ccc(NCC2CCCOC2)c(C)c1. The third-order valence-corrected chi connectivity index (χ3v) is 3.48. The molecular formula is C15H21NO3. The van der Waals surface area contributed by atoms with Gasteiger partial charge in [-0.2, -0.15) is 0 Å². The van der Waals surface area contributed by atoms with Gasteiger partial charge >= 0.3 is 5.97 Å². The van der Waals surface area contributed by atoms with Crippen LogP contribution in [0.15, 0.2) is 18.2 Å². The van der Waals surface area contributed by atoms with Gasteiger partial charge in [-0.05, 0) is 49.4 Å². The summed E-state index contributed by atoms with van der Waals surface area (Å²) in [6, 6.07) is 5.58. The van der Waals surface area contributed by atoms with Crippen LogP contribution < -0.4 is 5.32 Å². The highest BCUT2D eigenvalue weighted by Crippen LogP contribution is 2.19. The number of esters is 1. The summed E-state index contributed by atoms with van der Waals surface area (Å²) in [6.07, 6.45) is 2.36. The van der Waals surface area contributed by atoms with Gasteiger partial charge in [-0.15, -0.1) is 0 Å². The average molecular weight is 263 g/mol. The molecule has 0 aromatic heterocycles. The van der Waals surface area contributed by atoms with Crippen LogP contribution in [0, 0.1) is 12.8 Å². The standard InChI is InChI=1S/C15H21NO3/c1-11-8-13(15(17)18-2)5-6-14(11)16-9-12-4-3-7-19-10-12/h5-6,8,12,16H,3-4,7,9-10H2,1-2H3. The van der Waals surface area contributed by atoms with Crippen LogP contribution in [0.3, 0.4) is 0 Å². The molecule has 1 saturated heterocycles. The third-order valence-electron chi connectivity index (χ3n) is 3.48. The van der Waals surface area contributed by atoms with Crippen molar-refractivity contribution in [3.05, 3.63) is 29.3 Å². The number of anilines is 1. The molecule has 1 atom stereocenters. The Labute approximate surface area is 114 Å². The molecule has 0 bridgehead atoms. The van der Waals surface area contributed by atoms with Gasteiger partial charge in [0.2, 0.25) is 0 Å². The van der Waals surface area contributed by atoms with Crippen molar-refractivity contribution >= 4 is 11.7 Å². The molecule has 4 nitrogen and oxygen atoms in total. The molecule has 0 aliphatic carbocycles. The van der Waals surface area contributed by atoms with Gasteiger partial charge in [0.25, 0.3) is 0 Å². The fourth-order valence-electron chi connectivity index (χ4n) is 2.33. The van der Waals surface area contributed by atoms with Crippen LogP contribution >= 0.6 is 0 Å². The number of hydrogen-bond acceptors (Lipinski definition) is 4. The lowest BCUT2D eigenvalue weighted by Crippen LogP contribution is -2.24. The number of benzene rings is 1. The minimum Gasteiger partial charge on any atom is -0.465 e. The number of methoxy groups -OCH3 is 1. The molecule has 104 valence electrons. The first-order valence-corrected chi connectivity index (χ1v) is 6.71. The monoisotopic (exact) mass is 263 g/mol. The van der Waals surface area contributed by atoms with Crippen LogP contribution in [0.25, 0.3) is 0 Å². The molecule has 1 aromatic carbocycles. The third kappa shape index (κ3) is 3.70. The predicted octanol–water partition coefficient (Wildman–Crippen LogP) is 2.62. The summed E-state index contributed by atoms with van der Waals surface area (Å²) >= 11 is 0. The molecule has 0 amide bonds. The van der Waals surface area contributed by atoms with Crippen molar-refractivity contribution in [2.75, 3.05) is 32.2 Å². The van der Waals surface area contributed by atoms with Crippen molar-refractivity contribution in [2.24, 2.45) is 5.92 Å². The summed E-state index contributed by atoms with van der Waals surface area (Å²) in [6.45, 7) is 4.64. The Morgan fingerprint density at radius 1 is 1.53 bits per heavy atom. The highest BCUT2D eigenvalue weighted by molar-refractivity contribution is 5.90. The van der Waals surface area contributed by atoms with Crippen LogP contribution in [0.2, 0.25) is 0 Å². The maximum atomic E-state index is 11.4. The minimum atomic E-state index is -0.296. The van der Waals surface area contributed by atoms with E-state index in [-0.39, 0.29) is 5.97 Å². The van der Waals surface area contributed by atoms with E-state index in [4.69, 9.17) is 9.47 Å². The first-order valence-electron chi connectivity index (χ1n) is 6.71. The van der Waals surface area contributed by atoms with Crippen LogP contribution in [0.1, 0.15) is 28.8 Å². The Bertz CT molecular complexity index is 439. The van der Waals surface area contributed by atoms with Gasteiger partial charge in [-0.3, -0.25) is 0 Å². The maximum Gasteiger partial charge on any atom is 0.337 e. The second-order valence-corrected chi connectivity index (χ2v) is 4.99. The second-order valence-electron chi connectivity index (χ2n) is 4.99. The molecule has 0 saturated carbocycles. The number of carbonyl (C=O) groups excluding carboxylic acids is 1. The molecule has 1 aliphatic rings. The van der Waals surface area contributed by atoms with Crippen molar-refractivity contribution in [2.45, 2.75) is 19.8 Å². The molecule has 4 heteroatoms. The van der Waals surface area contributed by atoms with E-state index in [1.165, 1.54) is 13.5 Å². The van der Waals surface area contributed by atoms with Crippen LogP contribution in [-0.4, -0.2) is 32.8 Å². The number of ether oxygens (including phenoxy) is 2. The van der Waals surface area contributed by atoms with Crippen LogP contribution in [0.4, 0.5) is 5.69 Å². The number of aryl methyl sites for hydroxylation is 1. The fourth-order valence-corrected chi connectivity index (χ4v) is 2.33. The fraction of sp³-hybridized carbons (Fsp3) is 0.533. The highest BCUT2D eigenvalue weighted by atomic mass is 16.5. The van der Waals surface area contributed by atoms with E-state index in [1.807, 2.05) is 19.1 Å². The minimum absolute atomic E-state index is 0.296. The van der Waals surface area contributed by atoms with Crippen LogP contribution in [0.5, 0.6) is 0 Å². The number of carbonyl (C=O) groups is 1. The largest absolute Gasteiger partial charge is 0.465 e. The molecule has 1 aromatic rings. The average Bonchev–Trinajstić information content (AvgIpc) is 2.46. The second kappa shape index (κ2) is 6.57. The maximum absolute atomic E-state index is 11.4. The molecule has 1 aliphatic heterocycles. The van der Waals surface area contributed by atoms with Crippen molar-refractivity contribution in [1.29, 1.82) is 0 Å². The summed E-state index contributed by atoms with van der Waals surface area (Å²) in [7, 11) is 1.40. The Kier molecular flexibility index (Phi) is 4.80. The Morgan fingerprint density at radius 2 is 2.37 bits per heavy atom. The molecular weight excluding hydrogens is 242 g/mol. The lowest BCUT2D eigenvalue weighted by atomic mass is 10.0. The number of rotatable bonds is 4. The summed E-state index contributed by atoms with van der Waals surface area (Å²) in [5.74, 6) is 0.281. The van der Waals surface area contributed by atoms with Gasteiger partial charge in [-0.25, -0.2) is 4.79 Å². The van der Waals surface area contributed by atoms with Gasteiger partial charge in [0, 0.05) is 18.8 Å². The van der Waals surface area contributed by atoms with E-state index < -0.39 is 0 Å². The first kappa shape index (κ1) is 13.9. The lowest BCUT2D eigenvalue weighted by Gasteiger charge is -2.23. The molecule has 1 fully saturated rings. The molecule has 0 radical (unpaired) electrons. The Hall–Kier alpha value is -1.55. The van der Waals surface area contributed by atoms with Gasteiger partial charge in [0.05, 0.1) is 19.3 Å². The Balaban J connectivity index is 1.95. The van der Waals surface area contributed by atoms with E-state index in [2.05, 4.69) is 5.32 Å². The van der Waals surface area contributed by atoms with Crippen molar-refractivity contribution in [3.8, 4) is 0 Å². The molecule has 1 unspecified atom stereocenters. The zero-order valence-corrected chi connectivity index (χ0v) is 11.6. The smallest absolute Gasteiger partial charge is 0.337 e. The van der Waals surface area contributed by atoms with E-state index in [0.29, 0.717) is 11.5 Å². The topological polar surface area (TPSA) is 47.6 Å². The van der Waals surface area contributed by atoms with Crippen molar-refractivity contribution in [3.63, 3.8) is 0 Å². The summed E-state index contributed by atoms with van der Waals surface area (Å²) in [5, 5.41) is 3.43. The van der Waals surface area contributed by atoms with E-state index in [9.17, 15) is 4.79 Å². The molecule has 1 N–H and O–H groups in total. The first-order chi connectivity index (χ1) is 9.20. The predicted molar refractivity (Wildman–Crippen MR) is 74.6 cm³/mol. The summed E-state index contributed by atoms with van der Waals surface area (Å²) in [4.78, 5) is 11.4. The van der Waals surface area contributed by atoms with E-state index in [0.717, 1.165) is 37.4 Å². The molecule has 1 heterocycles. The Morgan fingerprint density at radius 3 is 3.00 bits per heavy atom. The zero-order chi connectivity index (χ0) is 13.7. The highest BCUT2D eigenvalue weighted by Gasteiger charge is 2.14. The van der Waals surface area contributed by atoms with Gasteiger partial charge in [0.15, 0.2) is 0 Å². The number of nitrogens with one attached hydrogen (secondary N) is 1. The lowest BCUT2D eigenvalue weighted by molar-refractivity contribution is 0.0595. The normalized spacial score (nSPS) is 18.9. The molecule has 19 heavy (non-hydrogen) atoms. The summed E-state index contributed by atoms with van der Waals surface area (Å²) < 4.78 is 10.2. The van der Waals surface area contributed by atoms with Crippen molar-refractivity contribution < 1.29 is 14.3 Å². The van der Waals surface area contributed by atoms with Crippen LogP contribution in [-0.2, 0) is 9.47 Å². The zero-order valence-electron chi connectivity index (χ0n) is 11.6. The summed E-state index contributed by atoms with van der Waals surface area (Å²) in [5.41, 5.74) is 2.71. The van der Waals surface area contributed by atoms with E-state index in [1.54, 1.807) is 6.07 Å². The van der Waals surface area contributed by atoms with Gasteiger partial charge in [-0.1, -0.05) is 0 Å².